The van der Waals surface area contributed by atoms with Crippen molar-refractivity contribution in [2.45, 2.75) is 71.1 Å². The highest BCUT2D eigenvalue weighted by Crippen LogP contribution is 2.28. The first-order valence-corrected chi connectivity index (χ1v) is 14.4. The molecule has 0 aromatic heterocycles. The Balaban J connectivity index is 2.62. The monoisotopic (exact) mass is 618 g/mol. The van der Waals surface area contributed by atoms with Crippen LogP contribution in [-0.4, -0.2) is 91.6 Å². The van der Waals surface area contributed by atoms with Crippen LogP contribution in [0.1, 0.15) is 40.5 Å². The molecule has 2 rings (SSSR count). The van der Waals surface area contributed by atoms with E-state index < -0.39 is 60.0 Å². The third-order valence-electron chi connectivity index (χ3n) is 7.58. The number of primary amides is 1. The molecule has 2 bridgehead atoms. The Morgan fingerprint density at radius 2 is 1.86 bits per heavy atom. The summed E-state index contributed by atoms with van der Waals surface area (Å²) in [4.78, 5) is 51.5. The molecule has 8 N–H and O–H groups in total. The van der Waals surface area contributed by atoms with Crippen molar-refractivity contribution in [3.05, 3.63) is 58.5 Å². The van der Waals surface area contributed by atoms with Crippen LogP contribution >= 0.6 is 0 Å². The van der Waals surface area contributed by atoms with Gasteiger partial charge in [0.15, 0.2) is 6.10 Å². The SMILES string of the molecule is CO[C@H]1/C=C\C=C(/C)C(=O)NC2=CC(=O)C(NCC(O)CN)=C(C[C@@H](C)C[C@H](OC)[C@H](O)[C@@H](C)/C=C(\C)[C@@H]1OC(N)=O)C2=O. The van der Waals surface area contributed by atoms with Crippen LogP contribution in [0, 0.1) is 11.8 Å². The molecule has 0 aromatic carbocycles. The van der Waals surface area contributed by atoms with Gasteiger partial charge in [0.05, 0.1) is 29.7 Å². The summed E-state index contributed by atoms with van der Waals surface area (Å²) in [6, 6.07) is 0. The fraction of sp³-hybridized carbons (Fsp3) is 0.548. The van der Waals surface area contributed by atoms with Crippen LogP contribution < -0.4 is 22.1 Å². The Morgan fingerprint density at radius 1 is 1.18 bits per heavy atom. The van der Waals surface area contributed by atoms with E-state index in [4.69, 9.17) is 25.7 Å². The molecular formula is C31H46N4O9. The van der Waals surface area contributed by atoms with Gasteiger partial charge in [-0.3, -0.25) is 14.4 Å². The van der Waals surface area contributed by atoms with E-state index in [0.717, 1.165) is 6.08 Å². The average Bonchev–Trinajstić information content (AvgIpc) is 2.97. The van der Waals surface area contributed by atoms with Crippen LogP contribution in [-0.2, 0) is 28.6 Å². The third kappa shape index (κ3) is 9.96. The van der Waals surface area contributed by atoms with Gasteiger partial charge in [-0.15, -0.1) is 0 Å². The van der Waals surface area contributed by atoms with Gasteiger partial charge in [-0.25, -0.2) is 4.79 Å². The van der Waals surface area contributed by atoms with Crippen LogP contribution in [0.4, 0.5) is 4.79 Å². The summed E-state index contributed by atoms with van der Waals surface area (Å²) in [5.74, 6) is -2.46. The zero-order valence-corrected chi connectivity index (χ0v) is 26.2. The van der Waals surface area contributed by atoms with Crippen LogP contribution in [0.2, 0.25) is 0 Å². The Morgan fingerprint density at radius 3 is 2.45 bits per heavy atom. The highest BCUT2D eigenvalue weighted by atomic mass is 16.6. The molecule has 0 saturated heterocycles. The zero-order chi connectivity index (χ0) is 33.1. The van der Waals surface area contributed by atoms with Gasteiger partial charge in [0.1, 0.15) is 6.10 Å². The third-order valence-corrected chi connectivity index (χ3v) is 7.58. The highest BCUT2D eigenvalue weighted by molar-refractivity contribution is 6.23. The minimum atomic E-state index is -1.02. The van der Waals surface area contributed by atoms with Crippen molar-refractivity contribution in [3.8, 4) is 0 Å². The molecule has 13 nitrogen and oxygen atoms in total. The van der Waals surface area contributed by atoms with E-state index in [1.807, 2.05) is 6.92 Å². The number of fused-ring (bicyclic) bond motifs is 2. The normalized spacial score (nSPS) is 31.6. The topological polar surface area (TPSA) is 213 Å². The lowest BCUT2D eigenvalue weighted by molar-refractivity contribution is -0.120. The van der Waals surface area contributed by atoms with E-state index in [1.54, 1.807) is 26.0 Å². The molecule has 0 radical (unpaired) electrons. The number of amides is 2. The molecule has 7 atom stereocenters. The van der Waals surface area contributed by atoms with Crippen molar-refractivity contribution in [1.82, 2.24) is 10.6 Å². The molecule has 0 saturated carbocycles. The Bertz CT molecular complexity index is 1240. The van der Waals surface area contributed by atoms with Gasteiger partial charge in [0, 0.05) is 50.4 Å². The number of hydrogen-bond acceptors (Lipinski definition) is 11. The molecule has 1 unspecified atom stereocenters. The molecular weight excluding hydrogens is 572 g/mol. The summed E-state index contributed by atoms with van der Waals surface area (Å²) < 4.78 is 16.5. The van der Waals surface area contributed by atoms with Crippen molar-refractivity contribution < 1.29 is 43.6 Å². The maximum Gasteiger partial charge on any atom is 0.405 e. The van der Waals surface area contributed by atoms with Crippen molar-refractivity contribution in [3.63, 3.8) is 0 Å². The summed E-state index contributed by atoms with van der Waals surface area (Å²) in [5.41, 5.74) is 11.6. The first-order valence-electron chi connectivity index (χ1n) is 14.4. The fourth-order valence-corrected chi connectivity index (χ4v) is 5.08. The van der Waals surface area contributed by atoms with Crippen molar-refractivity contribution in [2.75, 3.05) is 27.3 Å². The van der Waals surface area contributed by atoms with Gasteiger partial charge in [-0.1, -0.05) is 38.2 Å². The highest BCUT2D eigenvalue weighted by Gasteiger charge is 2.33. The average molecular weight is 619 g/mol. The predicted octanol–water partition coefficient (Wildman–Crippen LogP) is 0.671. The maximum absolute atomic E-state index is 13.6. The summed E-state index contributed by atoms with van der Waals surface area (Å²) in [7, 11) is 2.88. The molecule has 13 heteroatoms. The number of carbonyl (C=O) groups excluding carboxylic acids is 4. The summed E-state index contributed by atoms with van der Waals surface area (Å²) in [5, 5.41) is 26.6. The molecule has 0 spiro atoms. The number of nitrogens with two attached hydrogens (primary N) is 2. The van der Waals surface area contributed by atoms with Gasteiger partial charge in [0.25, 0.3) is 5.91 Å². The summed E-state index contributed by atoms with van der Waals surface area (Å²) >= 11 is 0. The molecule has 244 valence electrons. The molecule has 1 aliphatic carbocycles. The lowest BCUT2D eigenvalue weighted by Crippen LogP contribution is -2.39. The van der Waals surface area contributed by atoms with Crippen molar-refractivity contribution in [1.29, 1.82) is 0 Å². The number of methoxy groups -OCH3 is 2. The van der Waals surface area contributed by atoms with E-state index in [2.05, 4.69) is 10.6 Å². The molecule has 0 fully saturated rings. The number of aliphatic hydroxyl groups is 2. The lowest BCUT2D eigenvalue weighted by Gasteiger charge is -2.30. The molecule has 1 aliphatic heterocycles. The number of ketones is 2. The number of nitrogens with one attached hydrogen (secondary N) is 2. The smallest absolute Gasteiger partial charge is 0.405 e. The number of allylic oxidation sites excluding steroid dienone is 4. The van der Waals surface area contributed by atoms with E-state index in [-0.39, 0.29) is 48.0 Å². The first-order chi connectivity index (χ1) is 20.7. The quantitative estimate of drug-likeness (QED) is 0.172. The molecule has 1 heterocycles. The predicted molar refractivity (Wildman–Crippen MR) is 163 cm³/mol. The molecule has 44 heavy (non-hydrogen) atoms. The van der Waals surface area contributed by atoms with Crippen LogP contribution in [0.3, 0.4) is 0 Å². The molecule has 2 aliphatic rings. The fourth-order valence-electron chi connectivity index (χ4n) is 5.08. The van der Waals surface area contributed by atoms with Crippen LogP contribution in [0.15, 0.2) is 58.5 Å². The van der Waals surface area contributed by atoms with Crippen LogP contribution in [0.5, 0.6) is 0 Å². The van der Waals surface area contributed by atoms with Gasteiger partial charge in [-0.05, 0) is 38.2 Å². The van der Waals surface area contributed by atoms with Gasteiger partial charge in [-0.2, -0.15) is 0 Å². The number of hydrogen-bond donors (Lipinski definition) is 6. The van der Waals surface area contributed by atoms with Crippen molar-refractivity contribution >= 4 is 23.6 Å². The molecule has 2 amide bonds. The maximum atomic E-state index is 13.6. The van der Waals surface area contributed by atoms with Gasteiger partial charge < -0.3 is 46.5 Å². The zero-order valence-electron chi connectivity index (χ0n) is 26.2. The Kier molecular flexibility index (Phi) is 14.1. The number of carbonyl (C=O) groups is 4. The van der Waals surface area contributed by atoms with E-state index in [1.165, 1.54) is 33.3 Å². The minimum Gasteiger partial charge on any atom is -0.439 e. The first kappa shape index (κ1) is 36.6. The number of Topliss-reactive ketones (excluding diaryl/α,β-unsaturated/α-hetero) is 1. The summed E-state index contributed by atoms with van der Waals surface area (Å²) in [6.45, 7) is 6.76. The standard InChI is InChI=1S/C31H46N4O9/c1-16-10-21-26(34-15-20(36)14-32)23(37)13-22(28(21)39)35-30(40)17(2)8-7-9-24(42-5)29(44-31(33)41)19(4)12-18(3)27(38)25(11-16)43-6/h7-9,12-13,16,18,20,24-25,27,29,34,36,38H,10-11,14-15,32H2,1-6H3,(H2,33,41)(H,35,40)/b9-7-,17-8+,19-12+/t16-,18+,20?,24+,25+,27-,29+/m1/s1. The number of aliphatic hydroxyl groups excluding tert-OH is 2. The Labute approximate surface area is 258 Å². The van der Waals surface area contributed by atoms with E-state index in [9.17, 15) is 29.4 Å². The van der Waals surface area contributed by atoms with Crippen LogP contribution in [0.25, 0.3) is 0 Å². The molecule has 0 aromatic rings. The summed E-state index contributed by atoms with van der Waals surface area (Å²) in [6.07, 6.45) is 2.39. The Hall–Kier alpha value is -3.62. The van der Waals surface area contributed by atoms with Gasteiger partial charge in [0.2, 0.25) is 11.6 Å². The number of rotatable bonds is 7. The second-order valence-electron chi connectivity index (χ2n) is 11.2. The van der Waals surface area contributed by atoms with Gasteiger partial charge >= 0.3 is 6.09 Å². The largest absolute Gasteiger partial charge is 0.439 e. The second-order valence-corrected chi connectivity index (χ2v) is 11.2. The van der Waals surface area contributed by atoms with E-state index in [0.29, 0.717) is 12.0 Å². The van der Waals surface area contributed by atoms with E-state index >= 15 is 0 Å². The van der Waals surface area contributed by atoms with Crippen molar-refractivity contribution in [2.24, 2.45) is 23.3 Å². The minimum absolute atomic E-state index is 0.0148. The lowest BCUT2D eigenvalue weighted by atomic mass is 9.85. The second kappa shape index (κ2) is 17.0. The number of ether oxygens (including phenoxy) is 3.